The molecule has 0 radical (unpaired) electrons. The van der Waals surface area contributed by atoms with Gasteiger partial charge in [-0.25, -0.2) is 8.42 Å². The summed E-state index contributed by atoms with van der Waals surface area (Å²) in [7, 11) is -1.96. The Morgan fingerprint density at radius 1 is 1.05 bits per heavy atom. The quantitative estimate of drug-likeness (QED) is 0.942. The Kier molecular flexibility index (Phi) is 4.51. The van der Waals surface area contributed by atoms with Crippen molar-refractivity contribution in [1.29, 1.82) is 0 Å². The van der Waals surface area contributed by atoms with E-state index in [-0.39, 0.29) is 10.8 Å². The van der Waals surface area contributed by atoms with E-state index in [0.717, 1.165) is 0 Å². The van der Waals surface area contributed by atoms with Gasteiger partial charge in [-0.2, -0.15) is 0 Å². The monoisotopic (exact) mass is 318 g/mol. The number of nitrogens with one attached hydrogen (secondary N) is 1. The van der Waals surface area contributed by atoms with Crippen LogP contribution in [-0.2, 0) is 14.8 Å². The predicted molar refractivity (Wildman–Crippen MR) is 87.5 cm³/mol. The van der Waals surface area contributed by atoms with Gasteiger partial charge in [0.05, 0.1) is 4.90 Å². The molecule has 0 aliphatic carbocycles. The maximum Gasteiger partial charge on any atom is 0.262 e. The number of aryl methyl sites for hydroxylation is 1. The number of rotatable bonds is 4. The van der Waals surface area contributed by atoms with Crippen molar-refractivity contribution < 1.29 is 13.2 Å². The Balaban J connectivity index is 2.24. The zero-order valence-corrected chi connectivity index (χ0v) is 13.5. The van der Waals surface area contributed by atoms with Crippen LogP contribution in [0.1, 0.15) is 12.5 Å². The molecule has 1 amide bonds. The van der Waals surface area contributed by atoms with Gasteiger partial charge in [-0.1, -0.05) is 18.2 Å². The molecule has 0 saturated carbocycles. The molecule has 1 N–H and O–H groups in total. The van der Waals surface area contributed by atoms with Crippen molar-refractivity contribution in [2.45, 2.75) is 18.7 Å². The van der Waals surface area contributed by atoms with Crippen molar-refractivity contribution in [3.8, 4) is 0 Å². The molecule has 0 saturated heterocycles. The van der Waals surface area contributed by atoms with Crippen molar-refractivity contribution in [1.82, 2.24) is 0 Å². The van der Waals surface area contributed by atoms with Crippen molar-refractivity contribution in [2.75, 3.05) is 16.7 Å². The van der Waals surface area contributed by atoms with E-state index in [1.54, 1.807) is 62.5 Å². The Hall–Kier alpha value is -2.34. The van der Waals surface area contributed by atoms with Crippen LogP contribution in [-0.4, -0.2) is 21.4 Å². The highest BCUT2D eigenvalue weighted by atomic mass is 32.2. The molecule has 2 rings (SSSR count). The maximum absolute atomic E-state index is 12.4. The second kappa shape index (κ2) is 6.19. The first-order valence-electron chi connectivity index (χ1n) is 6.74. The summed E-state index contributed by atoms with van der Waals surface area (Å²) in [6.07, 6.45) is 0. The molecule has 0 fully saturated rings. The molecule has 0 unspecified atom stereocenters. The third-order valence-corrected chi connectivity index (χ3v) is 4.90. The molecule has 2 aromatic carbocycles. The SMILES string of the molecule is CC(=O)N(C)c1ccc(NS(=O)(=O)c2ccccc2C)cc1. The first-order chi connectivity index (χ1) is 10.3. The molecule has 0 aromatic heterocycles. The van der Waals surface area contributed by atoms with Gasteiger partial charge in [0.2, 0.25) is 5.91 Å². The molecule has 0 aliphatic rings. The first kappa shape index (κ1) is 16.0. The molecule has 0 atom stereocenters. The average Bonchev–Trinajstić information content (AvgIpc) is 2.47. The Morgan fingerprint density at radius 2 is 1.64 bits per heavy atom. The smallest absolute Gasteiger partial charge is 0.262 e. The van der Waals surface area contributed by atoms with Crippen molar-refractivity contribution >= 4 is 27.3 Å². The molecule has 116 valence electrons. The second-order valence-corrected chi connectivity index (χ2v) is 6.65. The van der Waals surface area contributed by atoms with Crippen LogP contribution in [0.15, 0.2) is 53.4 Å². The van der Waals surface area contributed by atoms with Gasteiger partial charge in [-0.15, -0.1) is 0 Å². The van der Waals surface area contributed by atoms with E-state index >= 15 is 0 Å². The van der Waals surface area contributed by atoms with Gasteiger partial charge in [0.15, 0.2) is 0 Å². The van der Waals surface area contributed by atoms with Crippen LogP contribution in [0, 0.1) is 6.92 Å². The summed E-state index contributed by atoms with van der Waals surface area (Å²) in [6.45, 7) is 3.22. The lowest BCUT2D eigenvalue weighted by molar-refractivity contribution is -0.116. The summed E-state index contributed by atoms with van der Waals surface area (Å²) in [6, 6.07) is 13.4. The second-order valence-electron chi connectivity index (χ2n) is 5.00. The van der Waals surface area contributed by atoms with Crippen LogP contribution in [0.25, 0.3) is 0 Å². The summed E-state index contributed by atoms with van der Waals surface area (Å²) in [5.41, 5.74) is 1.83. The molecule has 6 heteroatoms. The Labute approximate surface area is 130 Å². The number of hydrogen-bond acceptors (Lipinski definition) is 3. The largest absolute Gasteiger partial charge is 0.316 e. The molecular weight excluding hydrogens is 300 g/mol. The van der Waals surface area contributed by atoms with Gasteiger partial charge >= 0.3 is 0 Å². The normalized spacial score (nSPS) is 11.0. The highest BCUT2D eigenvalue weighted by molar-refractivity contribution is 7.92. The van der Waals surface area contributed by atoms with Crippen LogP contribution in [0.5, 0.6) is 0 Å². The van der Waals surface area contributed by atoms with Gasteiger partial charge in [0, 0.05) is 25.3 Å². The lowest BCUT2D eigenvalue weighted by atomic mass is 10.2. The van der Waals surface area contributed by atoms with E-state index in [1.165, 1.54) is 11.8 Å². The molecule has 2 aromatic rings. The number of amides is 1. The maximum atomic E-state index is 12.4. The van der Waals surface area contributed by atoms with Crippen LogP contribution in [0.3, 0.4) is 0 Å². The average molecular weight is 318 g/mol. The first-order valence-corrected chi connectivity index (χ1v) is 8.22. The minimum atomic E-state index is -3.62. The lowest BCUT2D eigenvalue weighted by Crippen LogP contribution is -2.22. The molecule has 0 spiro atoms. The van der Waals surface area contributed by atoms with Crippen LogP contribution >= 0.6 is 0 Å². The molecule has 0 aliphatic heterocycles. The highest BCUT2D eigenvalue weighted by Gasteiger charge is 2.16. The van der Waals surface area contributed by atoms with Gasteiger partial charge < -0.3 is 4.90 Å². The van der Waals surface area contributed by atoms with E-state index in [2.05, 4.69) is 4.72 Å². The predicted octanol–water partition coefficient (Wildman–Crippen LogP) is 2.78. The third-order valence-electron chi connectivity index (χ3n) is 3.36. The van der Waals surface area contributed by atoms with Crippen molar-refractivity contribution in [2.24, 2.45) is 0 Å². The van der Waals surface area contributed by atoms with E-state index < -0.39 is 10.0 Å². The number of carbonyl (C=O) groups excluding carboxylic acids is 1. The minimum absolute atomic E-state index is 0.0896. The van der Waals surface area contributed by atoms with E-state index in [4.69, 9.17) is 0 Å². The fourth-order valence-electron chi connectivity index (χ4n) is 2.00. The highest BCUT2D eigenvalue weighted by Crippen LogP contribution is 2.21. The zero-order chi connectivity index (χ0) is 16.3. The van der Waals surface area contributed by atoms with Crippen LogP contribution in [0.4, 0.5) is 11.4 Å². The Morgan fingerprint density at radius 3 is 2.18 bits per heavy atom. The molecule has 0 bridgehead atoms. The summed E-state index contributed by atoms with van der Waals surface area (Å²) >= 11 is 0. The van der Waals surface area contributed by atoms with Crippen molar-refractivity contribution in [3.05, 3.63) is 54.1 Å². The minimum Gasteiger partial charge on any atom is -0.316 e. The summed E-state index contributed by atoms with van der Waals surface area (Å²) in [5, 5.41) is 0. The number of nitrogens with zero attached hydrogens (tertiary/aromatic N) is 1. The number of hydrogen-bond donors (Lipinski definition) is 1. The van der Waals surface area contributed by atoms with Gasteiger partial charge in [0.25, 0.3) is 10.0 Å². The zero-order valence-electron chi connectivity index (χ0n) is 12.7. The Bertz CT molecular complexity index is 783. The van der Waals surface area contributed by atoms with Gasteiger partial charge in [0.1, 0.15) is 0 Å². The van der Waals surface area contributed by atoms with Gasteiger partial charge in [-0.3, -0.25) is 9.52 Å². The summed E-state index contributed by atoms with van der Waals surface area (Å²) < 4.78 is 27.3. The lowest BCUT2D eigenvalue weighted by Gasteiger charge is -2.16. The van der Waals surface area contributed by atoms with E-state index in [1.807, 2.05) is 0 Å². The van der Waals surface area contributed by atoms with Crippen molar-refractivity contribution in [3.63, 3.8) is 0 Å². The van der Waals surface area contributed by atoms with E-state index in [9.17, 15) is 13.2 Å². The third kappa shape index (κ3) is 3.46. The number of benzene rings is 2. The van der Waals surface area contributed by atoms with Crippen LogP contribution in [0.2, 0.25) is 0 Å². The number of carbonyl (C=O) groups is 1. The fourth-order valence-corrected chi connectivity index (χ4v) is 3.31. The molecule has 0 heterocycles. The molecular formula is C16H18N2O3S. The number of anilines is 2. The standard InChI is InChI=1S/C16H18N2O3S/c1-12-6-4-5-7-16(12)22(20,21)17-14-8-10-15(11-9-14)18(3)13(2)19/h4-11,17H,1-3H3. The topological polar surface area (TPSA) is 66.5 Å². The van der Waals surface area contributed by atoms with Crippen LogP contribution < -0.4 is 9.62 Å². The summed E-state index contributed by atoms with van der Waals surface area (Å²) in [4.78, 5) is 13.0. The summed E-state index contributed by atoms with van der Waals surface area (Å²) in [5.74, 6) is -0.0896. The molecule has 22 heavy (non-hydrogen) atoms. The van der Waals surface area contributed by atoms with E-state index in [0.29, 0.717) is 16.9 Å². The fraction of sp³-hybridized carbons (Fsp3) is 0.188. The van der Waals surface area contributed by atoms with Gasteiger partial charge in [-0.05, 0) is 42.8 Å². The molecule has 5 nitrogen and oxygen atoms in total. The number of sulfonamides is 1.